The van der Waals surface area contributed by atoms with E-state index < -0.39 is 0 Å². The van der Waals surface area contributed by atoms with Gasteiger partial charge in [0.05, 0.1) is 0 Å². The maximum Gasteiger partial charge on any atom is 0.254 e. The maximum absolute atomic E-state index is 12.3. The third kappa shape index (κ3) is 3.70. The number of nitrogens with one attached hydrogen (secondary N) is 1. The summed E-state index contributed by atoms with van der Waals surface area (Å²) in [4.78, 5) is 18.3. The second-order valence-corrected chi connectivity index (χ2v) is 4.09. The van der Waals surface area contributed by atoms with Crippen molar-refractivity contribution in [1.82, 2.24) is 9.88 Å². The van der Waals surface area contributed by atoms with Gasteiger partial charge in [0, 0.05) is 38.0 Å². The number of anilines is 1. The molecule has 0 aliphatic heterocycles. The van der Waals surface area contributed by atoms with Gasteiger partial charge < -0.3 is 15.3 Å². The smallest absolute Gasteiger partial charge is 0.254 e. The number of aromatic nitrogens is 1. The number of pyridine rings is 1. The average Bonchev–Trinajstić information content (AvgIpc) is 2.38. The third-order valence-electron chi connectivity index (χ3n) is 2.71. The Hall–Kier alpha value is -1.62. The number of aliphatic hydroxyl groups is 1. The predicted molar refractivity (Wildman–Crippen MR) is 71.8 cm³/mol. The fourth-order valence-corrected chi connectivity index (χ4v) is 1.77. The Kier molecular flexibility index (Phi) is 5.58. The van der Waals surface area contributed by atoms with Crippen LogP contribution in [0.4, 0.5) is 5.82 Å². The lowest BCUT2D eigenvalue weighted by atomic mass is 10.2. The van der Waals surface area contributed by atoms with Crippen LogP contribution in [0.3, 0.4) is 0 Å². The van der Waals surface area contributed by atoms with E-state index in [9.17, 15) is 4.79 Å². The summed E-state index contributed by atoms with van der Waals surface area (Å²) in [6.07, 6.45) is 0.600. The summed E-state index contributed by atoms with van der Waals surface area (Å²) in [5.41, 5.74) is 1.44. The summed E-state index contributed by atoms with van der Waals surface area (Å²) in [5.74, 6) is 0.671. The molecular weight excluding hydrogens is 230 g/mol. The minimum absolute atomic E-state index is 0.0204. The van der Waals surface area contributed by atoms with E-state index >= 15 is 0 Å². The molecule has 5 nitrogen and oxygen atoms in total. The van der Waals surface area contributed by atoms with Crippen molar-refractivity contribution in [1.29, 1.82) is 0 Å². The predicted octanol–water partition coefficient (Wildman–Crippen LogP) is 1.28. The molecule has 0 atom stereocenters. The molecule has 0 bridgehead atoms. The van der Waals surface area contributed by atoms with Crippen LogP contribution in [0.2, 0.25) is 0 Å². The molecule has 0 aliphatic rings. The highest BCUT2D eigenvalue weighted by Gasteiger charge is 2.15. The second-order valence-electron chi connectivity index (χ2n) is 4.09. The SMILES string of the molecule is CCN(CCCO)C(=O)c1cc(C)nc(NC)c1. The first kappa shape index (κ1) is 14.4. The van der Waals surface area contributed by atoms with E-state index in [0.29, 0.717) is 30.9 Å². The minimum Gasteiger partial charge on any atom is -0.396 e. The molecule has 0 fully saturated rings. The van der Waals surface area contributed by atoms with Crippen molar-refractivity contribution >= 4 is 11.7 Å². The summed E-state index contributed by atoms with van der Waals surface area (Å²) < 4.78 is 0. The highest BCUT2D eigenvalue weighted by molar-refractivity contribution is 5.95. The monoisotopic (exact) mass is 251 g/mol. The van der Waals surface area contributed by atoms with E-state index in [0.717, 1.165) is 5.69 Å². The van der Waals surface area contributed by atoms with Crippen molar-refractivity contribution in [3.8, 4) is 0 Å². The van der Waals surface area contributed by atoms with Crippen molar-refractivity contribution in [2.24, 2.45) is 0 Å². The molecule has 0 saturated carbocycles. The van der Waals surface area contributed by atoms with E-state index in [1.807, 2.05) is 13.8 Å². The first-order valence-corrected chi connectivity index (χ1v) is 6.19. The van der Waals surface area contributed by atoms with Crippen molar-refractivity contribution in [2.75, 3.05) is 32.1 Å². The van der Waals surface area contributed by atoms with Gasteiger partial charge in [0.1, 0.15) is 5.82 Å². The van der Waals surface area contributed by atoms with Crippen LogP contribution in [0, 0.1) is 6.92 Å². The molecule has 18 heavy (non-hydrogen) atoms. The molecule has 0 radical (unpaired) electrons. The van der Waals surface area contributed by atoms with Crippen LogP contribution < -0.4 is 5.32 Å². The van der Waals surface area contributed by atoms with Gasteiger partial charge in [0.25, 0.3) is 5.91 Å². The molecule has 0 saturated heterocycles. The van der Waals surface area contributed by atoms with Crippen LogP contribution in [0.5, 0.6) is 0 Å². The quantitative estimate of drug-likeness (QED) is 0.799. The normalized spacial score (nSPS) is 10.2. The molecule has 1 aromatic heterocycles. The molecule has 5 heteroatoms. The van der Waals surface area contributed by atoms with Gasteiger partial charge >= 0.3 is 0 Å². The van der Waals surface area contributed by atoms with Gasteiger partial charge in [0.2, 0.25) is 0 Å². The van der Waals surface area contributed by atoms with Gasteiger partial charge in [-0.2, -0.15) is 0 Å². The topological polar surface area (TPSA) is 65.5 Å². The number of amides is 1. The summed E-state index contributed by atoms with van der Waals surface area (Å²) in [7, 11) is 1.78. The van der Waals surface area contributed by atoms with Gasteiger partial charge in [-0.05, 0) is 32.4 Å². The molecule has 0 unspecified atom stereocenters. The number of aliphatic hydroxyl groups excluding tert-OH is 1. The second kappa shape index (κ2) is 6.96. The van der Waals surface area contributed by atoms with Crippen LogP contribution in [0.1, 0.15) is 29.4 Å². The Morgan fingerprint density at radius 2 is 2.22 bits per heavy atom. The summed E-state index contributed by atoms with van der Waals surface area (Å²) in [6, 6.07) is 3.53. The molecule has 2 N–H and O–H groups in total. The number of nitrogens with zero attached hydrogens (tertiary/aromatic N) is 2. The van der Waals surface area contributed by atoms with Crippen molar-refractivity contribution < 1.29 is 9.90 Å². The van der Waals surface area contributed by atoms with E-state index in [4.69, 9.17) is 5.11 Å². The zero-order valence-corrected chi connectivity index (χ0v) is 11.2. The van der Waals surface area contributed by atoms with Gasteiger partial charge in [-0.3, -0.25) is 4.79 Å². The number of rotatable bonds is 6. The van der Waals surface area contributed by atoms with E-state index in [2.05, 4.69) is 10.3 Å². The fraction of sp³-hybridized carbons (Fsp3) is 0.538. The molecule has 1 aromatic rings. The molecule has 0 aromatic carbocycles. The third-order valence-corrected chi connectivity index (χ3v) is 2.71. The molecule has 0 aliphatic carbocycles. The fourth-order valence-electron chi connectivity index (χ4n) is 1.77. The largest absolute Gasteiger partial charge is 0.396 e. The zero-order valence-electron chi connectivity index (χ0n) is 11.2. The van der Waals surface area contributed by atoms with E-state index in [-0.39, 0.29) is 12.5 Å². The number of hydrogen-bond donors (Lipinski definition) is 2. The van der Waals surface area contributed by atoms with Crippen LogP contribution in [-0.2, 0) is 0 Å². The van der Waals surface area contributed by atoms with Crippen LogP contribution in [-0.4, -0.2) is 47.6 Å². The average molecular weight is 251 g/mol. The van der Waals surface area contributed by atoms with E-state index in [1.54, 1.807) is 24.1 Å². The molecule has 1 amide bonds. The molecule has 1 rings (SSSR count). The van der Waals surface area contributed by atoms with Gasteiger partial charge in [-0.1, -0.05) is 0 Å². The zero-order chi connectivity index (χ0) is 13.5. The number of carbonyl (C=O) groups excluding carboxylic acids is 1. The molecule has 0 spiro atoms. The van der Waals surface area contributed by atoms with Crippen molar-refractivity contribution in [2.45, 2.75) is 20.3 Å². The maximum atomic E-state index is 12.3. The van der Waals surface area contributed by atoms with Gasteiger partial charge in [0.15, 0.2) is 0 Å². The summed E-state index contributed by atoms with van der Waals surface area (Å²) in [5, 5.41) is 11.8. The van der Waals surface area contributed by atoms with Crippen LogP contribution in [0.15, 0.2) is 12.1 Å². The Balaban J connectivity index is 2.90. The van der Waals surface area contributed by atoms with Crippen LogP contribution >= 0.6 is 0 Å². The molecule has 100 valence electrons. The van der Waals surface area contributed by atoms with E-state index in [1.165, 1.54) is 0 Å². The standard InChI is InChI=1S/C13H21N3O2/c1-4-16(6-5-7-17)13(18)11-8-10(2)15-12(9-11)14-3/h8-9,17H,4-7H2,1-3H3,(H,14,15). The van der Waals surface area contributed by atoms with Gasteiger partial charge in [-0.15, -0.1) is 0 Å². The Morgan fingerprint density at radius 3 is 2.78 bits per heavy atom. The minimum atomic E-state index is -0.0204. The van der Waals surface area contributed by atoms with Crippen molar-refractivity contribution in [3.63, 3.8) is 0 Å². The Labute approximate surface area is 108 Å². The number of hydrogen-bond acceptors (Lipinski definition) is 4. The van der Waals surface area contributed by atoms with Crippen LogP contribution in [0.25, 0.3) is 0 Å². The Morgan fingerprint density at radius 1 is 1.50 bits per heavy atom. The highest BCUT2D eigenvalue weighted by Crippen LogP contribution is 2.12. The van der Waals surface area contributed by atoms with Crippen molar-refractivity contribution in [3.05, 3.63) is 23.4 Å². The first-order chi connectivity index (χ1) is 8.62. The summed E-state index contributed by atoms with van der Waals surface area (Å²) >= 11 is 0. The number of aryl methyl sites for hydroxylation is 1. The molecular formula is C13H21N3O2. The lowest BCUT2D eigenvalue weighted by molar-refractivity contribution is 0.0754. The highest BCUT2D eigenvalue weighted by atomic mass is 16.3. The Bertz CT molecular complexity index is 407. The summed E-state index contributed by atoms with van der Waals surface area (Å²) in [6.45, 7) is 5.10. The molecule has 1 heterocycles. The lowest BCUT2D eigenvalue weighted by Gasteiger charge is -2.20. The van der Waals surface area contributed by atoms with Gasteiger partial charge in [-0.25, -0.2) is 4.98 Å². The first-order valence-electron chi connectivity index (χ1n) is 6.19. The number of carbonyl (C=O) groups is 1. The lowest BCUT2D eigenvalue weighted by Crippen LogP contribution is -2.32.